The summed E-state index contributed by atoms with van der Waals surface area (Å²) in [5, 5.41) is 0.379. The zero-order chi connectivity index (χ0) is 14.8. The fraction of sp³-hybridized carbons (Fsp3) is 0.0909. The molecule has 0 bridgehead atoms. The predicted octanol–water partition coefficient (Wildman–Crippen LogP) is 2.70. The maximum Gasteiger partial charge on any atom is 0.266 e. The zero-order valence-corrected chi connectivity index (χ0v) is 13.3. The van der Waals surface area contributed by atoms with E-state index in [1.807, 2.05) is 0 Å². The van der Waals surface area contributed by atoms with Crippen LogP contribution >= 0.6 is 27.5 Å². The Bertz CT molecular complexity index is 722. The van der Waals surface area contributed by atoms with Crippen LogP contribution in [0.1, 0.15) is 0 Å². The Balaban J connectivity index is 2.38. The summed E-state index contributed by atoms with van der Waals surface area (Å²) >= 11 is 8.92. The van der Waals surface area contributed by atoms with E-state index >= 15 is 0 Å². The molecule has 2 rings (SSSR count). The van der Waals surface area contributed by atoms with E-state index in [0.717, 1.165) is 0 Å². The van der Waals surface area contributed by atoms with Gasteiger partial charge in [0.05, 0.1) is 19.5 Å². The van der Waals surface area contributed by atoms with E-state index < -0.39 is 10.0 Å². The quantitative estimate of drug-likeness (QED) is 0.884. The Labute approximate surface area is 129 Å². The number of rotatable bonds is 4. The molecule has 0 saturated carbocycles. The molecule has 9 heteroatoms. The third-order valence-electron chi connectivity index (χ3n) is 2.27. The first-order valence-electron chi connectivity index (χ1n) is 5.26. The molecule has 0 aliphatic rings. The van der Waals surface area contributed by atoms with Gasteiger partial charge in [0.1, 0.15) is 15.2 Å². The molecule has 0 spiro atoms. The van der Waals surface area contributed by atoms with Gasteiger partial charge in [0.25, 0.3) is 10.0 Å². The standard InChI is InChI=1S/C11H9BrClN3O3S/c1-19-8-4-7(13)2-3-9(8)20(17,18)16-11-6-14-10(12)5-15-11/h2-6H,1H3,(H,15,16). The highest BCUT2D eigenvalue weighted by atomic mass is 79.9. The molecule has 0 fully saturated rings. The summed E-state index contributed by atoms with van der Waals surface area (Å²) in [7, 11) is -2.47. The number of nitrogens with zero attached hydrogens (tertiary/aromatic N) is 2. The maximum atomic E-state index is 12.3. The van der Waals surface area contributed by atoms with Crippen LogP contribution in [0.3, 0.4) is 0 Å². The second kappa shape index (κ2) is 5.94. The first-order chi connectivity index (χ1) is 9.42. The molecular weight excluding hydrogens is 370 g/mol. The summed E-state index contributed by atoms with van der Waals surface area (Å²) in [5.41, 5.74) is 0. The summed E-state index contributed by atoms with van der Waals surface area (Å²) < 4.78 is 32.4. The second-order valence-electron chi connectivity index (χ2n) is 3.63. The van der Waals surface area contributed by atoms with Crippen molar-refractivity contribution >= 4 is 43.4 Å². The van der Waals surface area contributed by atoms with Crippen LogP contribution in [0.4, 0.5) is 5.82 Å². The molecule has 0 aliphatic heterocycles. The van der Waals surface area contributed by atoms with Crippen LogP contribution in [0.25, 0.3) is 0 Å². The highest BCUT2D eigenvalue weighted by Gasteiger charge is 2.20. The van der Waals surface area contributed by atoms with Crippen molar-refractivity contribution in [1.82, 2.24) is 9.97 Å². The number of aromatic nitrogens is 2. The van der Waals surface area contributed by atoms with Crippen LogP contribution in [-0.2, 0) is 10.0 Å². The Morgan fingerprint density at radius 2 is 2.05 bits per heavy atom. The Morgan fingerprint density at radius 1 is 1.30 bits per heavy atom. The molecule has 20 heavy (non-hydrogen) atoms. The van der Waals surface area contributed by atoms with Crippen LogP contribution in [0.5, 0.6) is 5.75 Å². The molecule has 0 aliphatic carbocycles. The van der Waals surface area contributed by atoms with E-state index in [1.54, 1.807) is 0 Å². The van der Waals surface area contributed by atoms with Crippen molar-refractivity contribution in [3.05, 3.63) is 40.2 Å². The molecule has 0 radical (unpaired) electrons. The van der Waals surface area contributed by atoms with E-state index in [0.29, 0.717) is 9.63 Å². The molecule has 0 unspecified atom stereocenters. The summed E-state index contributed by atoms with van der Waals surface area (Å²) in [6.45, 7) is 0. The Hall–Kier alpha value is -1.38. The predicted molar refractivity (Wildman–Crippen MR) is 78.5 cm³/mol. The number of anilines is 1. The highest BCUT2D eigenvalue weighted by molar-refractivity contribution is 9.10. The minimum Gasteiger partial charge on any atom is -0.495 e. The minimum atomic E-state index is -3.84. The van der Waals surface area contributed by atoms with Crippen molar-refractivity contribution in [3.63, 3.8) is 0 Å². The van der Waals surface area contributed by atoms with E-state index in [9.17, 15) is 8.42 Å². The number of hydrogen-bond acceptors (Lipinski definition) is 5. The van der Waals surface area contributed by atoms with Crippen LogP contribution in [-0.4, -0.2) is 25.5 Å². The number of benzene rings is 1. The van der Waals surface area contributed by atoms with Gasteiger partial charge >= 0.3 is 0 Å². The Morgan fingerprint density at radius 3 is 2.65 bits per heavy atom. The lowest BCUT2D eigenvalue weighted by atomic mass is 10.3. The van der Waals surface area contributed by atoms with Crippen LogP contribution in [0.2, 0.25) is 5.02 Å². The number of hydrogen-bond donors (Lipinski definition) is 1. The number of nitrogens with one attached hydrogen (secondary N) is 1. The monoisotopic (exact) mass is 377 g/mol. The third kappa shape index (κ3) is 3.38. The molecule has 1 aromatic carbocycles. The van der Waals surface area contributed by atoms with E-state index in [-0.39, 0.29) is 16.5 Å². The molecule has 1 heterocycles. The molecule has 0 atom stereocenters. The average molecular weight is 379 g/mol. The molecular formula is C11H9BrClN3O3S. The van der Waals surface area contributed by atoms with Crippen LogP contribution < -0.4 is 9.46 Å². The van der Waals surface area contributed by atoms with Gasteiger partial charge in [-0.05, 0) is 28.1 Å². The molecule has 1 N–H and O–H groups in total. The number of halogens is 2. The van der Waals surface area contributed by atoms with Gasteiger partial charge in [0.2, 0.25) is 0 Å². The number of sulfonamides is 1. The molecule has 0 saturated heterocycles. The van der Waals surface area contributed by atoms with Crippen molar-refractivity contribution in [2.45, 2.75) is 4.90 Å². The smallest absolute Gasteiger partial charge is 0.266 e. The fourth-order valence-electron chi connectivity index (χ4n) is 1.42. The van der Waals surface area contributed by atoms with Crippen molar-refractivity contribution in [2.24, 2.45) is 0 Å². The highest BCUT2D eigenvalue weighted by Crippen LogP contribution is 2.28. The van der Waals surface area contributed by atoms with E-state index in [4.69, 9.17) is 16.3 Å². The maximum absolute atomic E-state index is 12.3. The van der Waals surface area contributed by atoms with Crippen molar-refractivity contribution < 1.29 is 13.2 Å². The molecule has 0 amide bonds. The summed E-state index contributed by atoms with van der Waals surface area (Å²) in [4.78, 5) is 7.75. The van der Waals surface area contributed by atoms with Gasteiger partial charge in [-0.3, -0.25) is 4.72 Å². The number of methoxy groups -OCH3 is 1. The van der Waals surface area contributed by atoms with Crippen molar-refractivity contribution in [1.29, 1.82) is 0 Å². The largest absolute Gasteiger partial charge is 0.495 e. The van der Waals surface area contributed by atoms with Crippen molar-refractivity contribution in [3.8, 4) is 5.75 Å². The molecule has 2 aromatic rings. The molecule has 106 valence electrons. The van der Waals surface area contributed by atoms with Crippen molar-refractivity contribution in [2.75, 3.05) is 11.8 Å². The van der Waals surface area contributed by atoms with Gasteiger partial charge in [-0.15, -0.1) is 0 Å². The third-order valence-corrected chi connectivity index (χ3v) is 4.31. The van der Waals surface area contributed by atoms with Gasteiger partial charge in [-0.1, -0.05) is 11.6 Å². The van der Waals surface area contributed by atoms with Crippen LogP contribution in [0.15, 0.2) is 40.1 Å². The lowest BCUT2D eigenvalue weighted by molar-refractivity contribution is 0.403. The normalized spacial score (nSPS) is 11.2. The Kier molecular flexibility index (Phi) is 4.46. The molecule has 1 aromatic heterocycles. The summed E-state index contributed by atoms with van der Waals surface area (Å²) in [6.07, 6.45) is 2.68. The summed E-state index contributed by atoms with van der Waals surface area (Å²) in [6, 6.07) is 4.24. The second-order valence-corrected chi connectivity index (χ2v) is 6.52. The average Bonchev–Trinajstić information content (AvgIpc) is 2.40. The topological polar surface area (TPSA) is 81.2 Å². The van der Waals surface area contributed by atoms with Gasteiger partial charge in [-0.2, -0.15) is 0 Å². The minimum absolute atomic E-state index is 0.0332. The summed E-state index contributed by atoms with van der Waals surface area (Å²) in [5.74, 6) is 0.250. The SMILES string of the molecule is COc1cc(Cl)ccc1S(=O)(=O)Nc1cnc(Br)cn1. The lowest BCUT2D eigenvalue weighted by Crippen LogP contribution is -2.15. The van der Waals surface area contributed by atoms with Crippen LogP contribution in [0, 0.1) is 0 Å². The first kappa shape index (κ1) is 15.0. The van der Waals surface area contributed by atoms with E-state index in [1.165, 1.54) is 37.7 Å². The first-order valence-corrected chi connectivity index (χ1v) is 7.92. The van der Waals surface area contributed by atoms with Gasteiger partial charge < -0.3 is 4.74 Å². The van der Waals surface area contributed by atoms with Gasteiger partial charge in [-0.25, -0.2) is 18.4 Å². The van der Waals surface area contributed by atoms with E-state index in [2.05, 4.69) is 30.6 Å². The number of ether oxygens (including phenoxy) is 1. The lowest BCUT2D eigenvalue weighted by Gasteiger charge is -2.11. The fourth-order valence-corrected chi connectivity index (χ4v) is 2.93. The zero-order valence-electron chi connectivity index (χ0n) is 10.2. The molecule has 6 nitrogen and oxygen atoms in total. The van der Waals surface area contributed by atoms with Gasteiger partial charge in [0.15, 0.2) is 5.82 Å². The van der Waals surface area contributed by atoms with Gasteiger partial charge in [0, 0.05) is 11.1 Å².